The molecule has 3 heterocycles. The Balaban J connectivity index is 1.77. The topological polar surface area (TPSA) is 32.5 Å². The minimum atomic E-state index is 0.302. The van der Waals surface area contributed by atoms with Gasteiger partial charge in [-0.1, -0.05) is 20.8 Å². The summed E-state index contributed by atoms with van der Waals surface area (Å²) in [5.74, 6) is 0.839. The minimum absolute atomic E-state index is 0.302. The molecule has 3 aliphatic rings. The van der Waals surface area contributed by atoms with Crippen LogP contribution in [0.5, 0.6) is 0 Å². The summed E-state index contributed by atoms with van der Waals surface area (Å²) >= 11 is 0. The van der Waals surface area contributed by atoms with Crippen molar-refractivity contribution < 1.29 is 0 Å². The third kappa shape index (κ3) is 2.14. The molecule has 3 rings (SSSR count). The molecule has 3 fully saturated rings. The summed E-state index contributed by atoms with van der Waals surface area (Å²) in [6.45, 7) is 13.2. The van der Waals surface area contributed by atoms with E-state index >= 15 is 0 Å². The molecule has 0 radical (unpaired) electrons. The summed E-state index contributed by atoms with van der Waals surface area (Å²) in [4.78, 5) is 5.48. The summed E-state index contributed by atoms with van der Waals surface area (Å²) in [6.07, 6.45) is 5.40. The predicted molar refractivity (Wildman–Crippen MR) is 80.1 cm³/mol. The fraction of sp³-hybridized carbons (Fsp3) is 1.00. The number of nitrogens with zero attached hydrogens (tertiary/aromatic N) is 2. The Morgan fingerprint density at radius 1 is 1.16 bits per heavy atom. The molecule has 110 valence electrons. The number of fused-ring (bicyclic) bond motifs is 1. The van der Waals surface area contributed by atoms with Gasteiger partial charge in [0.25, 0.3) is 0 Å². The van der Waals surface area contributed by atoms with Crippen molar-refractivity contribution in [2.24, 2.45) is 17.1 Å². The van der Waals surface area contributed by atoms with Gasteiger partial charge in [-0.2, -0.15) is 0 Å². The van der Waals surface area contributed by atoms with Crippen LogP contribution in [-0.2, 0) is 0 Å². The highest BCUT2D eigenvalue weighted by molar-refractivity contribution is 5.11. The van der Waals surface area contributed by atoms with E-state index < -0.39 is 0 Å². The van der Waals surface area contributed by atoms with Crippen molar-refractivity contribution in [3.63, 3.8) is 0 Å². The van der Waals surface area contributed by atoms with E-state index in [1.165, 1.54) is 51.9 Å². The SMILES string of the molecule is CC(C)(C)C1CCN(C2(CN)CCN3CCCC32)C1. The fourth-order valence-electron chi connectivity index (χ4n) is 4.81. The number of nitrogens with two attached hydrogens (primary N) is 1. The summed E-state index contributed by atoms with van der Waals surface area (Å²) < 4.78 is 0. The number of hydrogen-bond donors (Lipinski definition) is 1. The average molecular weight is 265 g/mol. The van der Waals surface area contributed by atoms with Crippen molar-refractivity contribution >= 4 is 0 Å². The normalized spacial score (nSPS) is 41.1. The largest absolute Gasteiger partial charge is 0.329 e. The molecule has 3 atom stereocenters. The van der Waals surface area contributed by atoms with Crippen molar-refractivity contribution in [3.05, 3.63) is 0 Å². The van der Waals surface area contributed by atoms with Gasteiger partial charge in [0.2, 0.25) is 0 Å². The lowest BCUT2D eigenvalue weighted by Crippen LogP contribution is -2.59. The van der Waals surface area contributed by atoms with E-state index in [0.717, 1.165) is 18.5 Å². The van der Waals surface area contributed by atoms with Gasteiger partial charge in [0.15, 0.2) is 0 Å². The smallest absolute Gasteiger partial charge is 0.0498 e. The maximum Gasteiger partial charge on any atom is 0.0498 e. The zero-order chi connectivity index (χ0) is 13.7. The molecule has 3 saturated heterocycles. The number of hydrogen-bond acceptors (Lipinski definition) is 3. The van der Waals surface area contributed by atoms with Crippen LogP contribution in [0.1, 0.15) is 46.5 Å². The van der Waals surface area contributed by atoms with Crippen molar-refractivity contribution in [2.75, 3.05) is 32.7 Å². The van der Waals surface area contributed by atoms with Gasteiger partial charge < -0.3 is 5.73 Å². The van der Waals surface area contributed by atoms with E-state index in [1.807, 2.05) is 0 Å². The second-order valence-electron chi connectivity index (χ2n) is 8.05. The van der Waals surface area contributed by atoms with E-state index in [9.17, 15) is 0 Å². The van der Waals surface area contributed by atoms with E-state index in [0.29, 0.717) is 11.0 Å². The van der Waals surface area contributed by atoms with Crippen LogP contribution in [0.2, 0.25) is 0 Å². The van der Waals surface area contributed by atoms with Crippen molar-refractivity contribution in [2.45, 2.75) is 58.0 Å². The Morgan fingerprint density at radius 3 is 2.58 bits per heavy atom. The van der Waals surface area contributed by atoms with Gasteiger partial charge in [-0.25, -0.2) is 0 Å². The van der Waals surface area contributed by atoms with Crippen molar-refractivity contribution in [1.29, 1.82) is 0 Å². The summed E-state index contributed by atoms with van der Waals surface area (Å²) in [7, 11) is 0. The Hall–Kier alpha value is -0.120. The lowest BCUT2D eigenvalue weighted by atomic mass is 9.80. The summed E-state index contributed by atoms with van der Waals surface area (Å²) in [5, 5.41) is 0. The Bertz CT molecular complexity index is 335. The molecule has 0 spiro atoms. The Kier molecular flexibility index (Phi) is 3.43. The van der Waals surface area contributed by atoms with Crippen LogP contribution in [0, 0.1) is 11.3 Å². The molecule has 0 amide bonds. The summed E-state index contributed by atoms with van der Waals surface area (Å²) in [6, 6.07) is 0.746. The first-order valence-electron chi connectivity index (χ1n) is 8.16. The molecule has 0 aromatic heterocycles. The highest BCUT2D eigenvalue weighted by Crippen LogP contribution is 2.44. The van der Waals surface area contributed by atoms with Crippen LogP contribution < -0.4 is 5.73 Å². The van der Waals surface area contributed by atoms with Gasteiger partial charge in [-0.05, 0) is 50.1 Å². The van der Waals surface area contributed by atoms with E-state index in [4.69, 9.17) is 5.73 Å². The monoisotopic (exact) mass is 265 g/mol. The maximum atomic E-state index is 6.29. The fourth-order valence-corrected chi connectivity index (χ4v) is 4.81. The standard InChI is InChI=1S/C16H31N3/c1-15(2,3)13-6-9-19(11-13)16(12-17)7-10-18-8-4-5-14(16)18/h13-14H,4-12,17H2,1-3H3. The van der Waals surface area contributed by atoms with Crippen molar-refractivity contribution in [3.8, 4) is 0 Å². The molecule has 3 unspecified atom stereocenters. The van der Waals surface area contributed by atoms with Crippen LogP contribution in [-0.4, -0.2) is 54.1 Å². The number of rotatable bonds is 2. The van der Waals surface area contributed by atoms with Crippen molar-refractivity contribution in [1.82, 2.24) is 9.80 Å². The molecule has 0 saturated carbocycles. The van der Waals surface area contributed by atoms with E-state index in [2.05, 4.69) is 30.6 Å². The van der Waals surface area contributed by atoms with Crippen LogP contribution >= 0.6 is 0 Å². The van der Waals surface area contributed by atoms with Crippen LogP contribution in [0.25, 0.3) is 0 Å². The lowest BCUT2D eigenvalue weighted by Gasteiger charge is -2.43. The zero-order valence-electron chi connectivity index (χ0n) is 13.0. The zero-order valence-corrected chi connectivity index (χ0v) is 13.0. The predicted octanol–water partition coefficient (Wildman–Crippen LogP) is 1.92. The molecular weight excluding hydrogens is 234 g/mol. The highest BCUT2D eigenvalue weighted by Gasteiger charge is 2.53. The molecule has 0 aromatic carbocycles. The lowest BCUT2D eigenvalue weighted by molar-refractivity contribution is 0.0776. The summed E-state index contributed by atoms with van der Waals surface area (Å²) in [5.41, 5.74) is 7.04. The first-order valence-corrected chi connectivity index (χ1v) is 8.16. The second-order valence-corrected chi connectivity index (χ2v) is 8.05. The van der Waals surface area contributed by atoms with Gasteiger partial charge in [0.05, 0.1) is 0 Å². The maximum absolute atomic E-state index is 6.29. The Labute approximate surface area is 118 Å². The highest BCUT2D eigenvalue weighted by atomic mass is 15.3. The molecule has 3 aliphatic heterocycles. The molecule has 19 heavy (non-hydrogen) atoms. The van der Waals surface area contributed by atoms with Crippen LogP contribution in [0.15, 0.2) is 0 Å². The van der Waals surface area contributed by atoms with Crippen LogP contribution in [0.4, 0.5) is 0 Å². The van der Waals surface area contributed by atoms with E-state index in [-0.39, 0.29) is 0 Å². The molecule has 0 aromatic rings. The van der Waals surface area contributed by atoms with Gasteiger partial charge >= 0.3 is 0 Å². The first-order chi connectivity index (χ1) is 8.97. The van der Waals surface area contributed by atoms with E-state index in [1.54, 1.807) is 0 Å². The number of likely N-dealkylation sites (tertiary alicyclic amines) is 1. The molecule has 0 aliphatic carbocycles. The Morgan fingerprint density at radius 2 is 1.95 bits per heavy atom. The second kappa shape index (κ2) is 4.71. The molecule has 3 heteroatoms. The average Bonchev–Trinajstić information content (AvgIpc) is 3.04. The van der Waals surface area contributed by atoms with Gasteiger partial charge in [-0.3, -0.25) is 9.80 Å². The molecular formula is C16H31N3. The molecule has 2 N–H and O–H groups in total. The molecule has 0 bridgehead atoms. The third-order valence-corrected chi connectivity index (χ3v) is 6.21. The van der Waals surface area contributed by atoms with Gasteiger partial charge in [-0.15, -0.1) is 0 Å². The first kappa shape index (κ1) is 13.8. The quantitative estimate of drug-likeness (QED) is 0.828. The third-order valence-electron chi connectivity index (χ3n) is 6.21. The van der Waals surface area contributed by atoms with Crippen LogP contribution in [0.3, 0.4) is 0 Å². The molecule has 3 nitrogen and oxygen atoms in total. The van der Waals surface area contributed by atoms with Gasteiger partial charge in [0, 0.05) is 31.2 Å². The minimum Gasteiger partial charge on any atom is -0.329 e. The van der Waals surface area contributed by atoms with Gasteiger partial charge in [0.1, 0.15) is 0 Å².